The van der Waals surface area contributed by atoms with Crippen LogP contribution in [0.5, 0.6) is 0 Å². The van der Waals surface area contributed by atoms with E-state index in [9.17, 15) is 4.79 Å². The van der Waals surface area contributed by atoms with Crippen molar-refractivity contribution in [2.45, 2.75) is 65.8 Å². The minimum absolute atomic E-state index is 0.275. The Morgan fingerprint density at radius 2 is 2.04 bits per heavy atom. The van der Waals surface area contributed by atoms with Crippen molar-refractivity contribution in [2.24, 2.45) is 11.8 Å². The highest BCUT2D eigenvalue weighted by Gasteiger charge is 2.29. The maximum Gasteiger partial charge on any atom is 0.222 e. The monoisotopic (exact) mass is 338 g/mol. The molecule has 1 N–H and O–H groups in total. The molecule has 1 aromatic heterocycles. The fraction of sp³-hybridized carbons (Fsp3) is 0.824. The number of H-pyrrole nitrogens is 1. The van der Waals surface area contributed by atoms with Crippen LogP contribution in [0.3, 0.4) is 0 Å². The summed E-state index contributed by atoms with van der Waals surface area (Å²) in [7, 11) is 0. The number of carbonyl (C=O) groups is 1. The van der Waals surface area contributed by atoms with Gasteiger partial charge in [-0.1, -0.05) is 20.8 Å². The fourth-order valence-electron chi connectivity index (χ4n) is 3.16. The summed E-state index contributed by atoms with van der Waals surface area (Å²) in [6.45, 7) is 12.4. The third kappa shape index (κ3) is 4.22. The van der Waals surface area contributed by atoms with Gasteiger partial charge in [-0.15, -0.1) is 0 Å². The summed E-state index contributed by atoms with van der Waals surface area (Å²) >= 11 is 5.35. The lowest BCUT2D eigenvalue weighted by molar-refractivity contribution is -0.133. The Balaban J connectivity index is 2.09. The van der Waals surface area contributed by atoms with Crippen molar-refractivity contribution in [1.82, 2.24) is 19.7 Å². The van der Waals surface area contributed by atoms with Gasteiger partial charge in [0.2, 0.25) is 5.91 Å². The second kappa shape index (κ2) is 7.60. The van der Waals surface area contributed by atoms with Crippen LogP contribution in [0.1, 0.15) is 71.7 Å². The Morgan fingerprint density at radius 1 is 1.35 bits per heavy atom. The van der Waals surface area contributed by atoms with E-state index in [0.29, 0.717) is 23.0 Å². The number of hydrogen-bond acceptors (Lipinski definition) is 3. The van der Waals surface area contributed by atoms with Gasteiger partial charge in [0.25, 0.3) is 0 Å². The molecule has 2 unspecified atom stereocenters. The first-order valence-corrected chi connectivity index (χ1v) is 9.16. The van der Waals surface area contributed by atoms with E-state index in [1.807, 2.05) is 4.90 Å². The summed E-state index contributed by atoms with van der Waals surface area (Å²) in [5.41, 5.74) is 0. The quantitative estimate of drug-likeness (QED) is 0.828. The van der Waals surface area contributed by atoms with Crippen molar-refractivity contribution in [3.05, 3.63) is 10.6 Å². The molecule has 23 heavy (non-hydrogen) atoms. The molecule has 6 heteroatoms. The minimum Gasteiger partial charge on any atom is -0.342 e. The molecule has 1 aromatic rings. The SMILES string of the molecule is CC(C)C(C)CC(=O)N1CCCC(c2n[nH]c(=S)n2C(C)C)C1. The highest BCUT2D eigenvalue weighted by atomic mass is 32.1. The molecule has 0 aromatic carbocycles. The molecule has 5 nitrogen and oxygen atoms in total. The summed E-state index contributed by atoms with van der Waals surface area (Å²) in [5, 5.41) is 7.37. The third-order valence-electron chi connectivity index (χ3n) is 5.02. The predicted octanol–water partition coefficient (Wildman–Crippen LogP) is 3.91. The van der Waals surface area contributed by atoms with Gasteiger partial charge < -0.3 is 9.47 Å². The molecule has 1 amide bonds. The van der Waals surface area contributed by atoms with Crippen LogP contribution in [0, 0.1) is 16.6 Å². The Bertz CT molecular complexity index is 590. The van der Waals surface area contributed by atoms with Gasteiger partial charge in [-0.05, 0) is 50.7 Å². The van der Waals surface area contributed by atoms with Crippen molar-refractivity contribution in [2.75, 3.05) is 13.1 Å². The zero-order chi connectivity index (χ0) is 17.1. The maximum absolute atomic E-state index is 12.6. The van der Waals surface area contributed by atoms with Crippen LogP contribution in [0.15, 0.2) is 0 Å². The first-order valence-electron chi connectivity index (χ1n) is 8.75. The molecular weight excluding hydrogens is 308 g/mol. The number of piperidine rings is 1. The van der Waals surface area contributed by atoms with E-state index in [1.165, 1.54) is 0 Å². The van der Waals surface area contributed by atoms with E-state index in [2.05, 4.69) is 49.4 Å². The number of amides is 1. The molecule has 130 valence electrons. The number of hydrogen-bond donors (Lipinski definition) is 1. The molecule has 0 aliphatic carbocycles. The summed E-state index contributed by atoms with van der Waals surface area (Å²) in [5.74, 6) is 2.52. The van der Waals surface area contributed by atoms with Gasteiger partial charge in [0, 0.05) is 31.5 Å². The van der Waals surface area contributed by atoms with Gasteiger partial charge in [0.05, 0.1) is 0 Å². The average molecular weight is 339 g/mol. The lowest BCUT2D eigenvalue weighted by Gasteiger charge is -2.33. The number of likely N-dealkylation sites (tertiary alicyclic amines) is 1. The number of aromatic amines is 1. The predicted molar refractivity (Wildman–Crippen MR) is 95.0 cm³/mol. The van der Waals surface area contributed by atoms with Crippen molar-refractivity contribution in [3.63, 3.8) is 0 Å². The van der Waals surface area contributed by atoms with Crippen molar-refractivity contribution in [3.8, 4) is 0 Å². The number of rotatable bonds is 5. The molecule has 0 spiro atoms. The molecule has 0 saturated carbocycles. The molecule has 0 radical (unpaired) electrons. The summed E-state index contributed by atoms with van der Waals surface area (Å²) < 4.78 is 2.76. The Hall–Kier alpha value is -1.17. The molecular formula is C17H30N4OS. The average Bonchev–Trinajstić information content (AvgIpc) is 2.89. The van der Waals surface area contributed by atoms with Crippen molar-refractivity contribution >= 4 is 18.1 Å². The van der Waals surface area contributed by atoms with Crippen LogP contribution in [0.25, 0.3) is 0 Å². The van der Waals surface area contributed by atoms with Gasteiger partial charge in [-0.3, -0.25) is 9.89 Å². The summed E-state index contributed by atoms with van der Waals surface area (Å²) in [6, 6.07) is 0.281. The number of aromatic nitrogens is 3. The molecule has 1 saturated heterocycles. The fourth-order valence-corrected chi connectivity index (χ4v) is 3.51. The number of carbonyl (C=O) groups excluding carboxylic acids is 1. The number of nitrogens with zero attached hydrogens (tertiary/aromatic N) is 3. The van der Waals surface area contributed by atoms with Gasteiger partial charge in [0.15, 0.2) is 4.77 Å². The van der Waals surface area contributed by atoms with E-state index in [0.717, 1.165) is 31.8 Å². The Morgan fingerprint density at radius 3 is 2.65 bits per heavy atom. The van der Waals surface area contributed by atoms with E-state index < -0.39 is 0 Å². The summed E-state index contributed by atoms with van der Waals surface area (Å²) in [4.78, 5) is 14.6. The van der Waals surface area contributed by atoms with Gasteiger partial charge in [-0.25, -0.2) is 0 Å². The standard InChI is InChI=1S/C17H30N4OS/c1-11(2)13(5)9-15(22)20-8-6-7-14(10-20)16-18-19-17(23)21(16)12(3)4/h11-14H,6-10H2,1-5H3,(H,19,23). The van der Waals surface area contributed by atoms with Gasteiger partial charge >= 0.3 is 0 Å². The topological polar surface area (TPSA) is 53.9 Å². The molecule has 2 atom stereocenters. The van der Waals surface area contributed by atoms with Gasteiger partial charge in [-0.2, -0.15) is 5.10 Å². The smallest absolute Gasteiger partial charge is 0.222 e. The molecule has 2 heterocycles. The van der Waals surface area contributed by atoms with Crippen LogP contribution < -0.4 is 0 Å². The Labute approximate surface area is 144 Å². The van der Waals surface area contributed by atoms with Crippen LogP contribution in [0.4, 0.5) is 0 Å². The zero-order valence-corrected chi connectivity index (χ0v) is 15.8. The molecule has 1 fully saturated rings. The zero-order valence-electron chi connectivity index (χ0n) is 15.0. The van der Waals surface area contributed by atoms with Crippen LogP contribution in [-0.2, 0) is 4.79 Å². The first-order chi connectivity index (χ1) is 10.8. The molecule has 1 aliphatic rings. The lowest BCUT2D eigenvalue weighted by atomic mass is 9.92. The van der Waals surface area contributed by atoms with E-state index in [4.69, 9.17) is 12.2 Å². The first kappa shape index (κ1) is 18.2. The van der Waals surface area contributed by atoms with E-state index in [1.54, 1.807) is 0 Å². The molecule has 0 bridgehead atoms. The molecule has 1 aliphatic heterocycles. The normalized spacial score (nSPS) is 20.3. The largest absolute Gasteiger partial charge is 0.342 e. The van der Waals surface area contributed by atoms with Crippen molar-refractivity contribution in [1.29, 1.82) is 0 Å². The maximum atomic E-state index is 12.6. The van der Waals surface area contributed by atoms with Crippen LogP contribution in [0.2, 0.25) is 0 Å². The van der Waals surface area contributed by atoms with E-state index >= 15 is 0 Å². The van der Waals surface area contributed by atoms with Crippen molar-refractivity contribution < 1.29 is 4.79 Å². The highest BCUT2D eigenvalue weighted by molar-refractivity contribution is 7.71. The lowest BCUT2D eigenvalue weighted by Crippen LogP contribution is -2.40. The van der Waals surface area contributed by atoms with Crippen LogP contribution in [-0.4, -0.2) is 38.7 Å². The third-order valence-corrected chi connectivity index (χ3v) is 5.31. The second-order valence-corrected chi connectivity index (χ2v) is 7.84. The van der Waals surface area contributed by atoms with Gasteiger partial charge in [0.1, 0.15) is 5.82 Å². The minimum atomic E-state index is 0.275. The summed E-state index contributed by atoms with van der Waals surface area (Å²) in [6.07, 6.45) is 2.74. The van der Waals surface area contributed by atoms with Crippen LogP contribution >= 0.6 is 12.2 Å². The molecule has 2 rings (SSSR count). The second-order valence-electron chi connectivity index (χ2n) is 7.46. The number of nitrogens with one attached hydrogen (secondary N) is 1. The Kier molecular flexibility index (Phi) is 6.00. The van der Waals surface area contributed by atoms with E-state index in [-0.39, 0.29) is 17.9 Å². The highest BCUT2D eigenvalue weighted by Crippen LogP contribution is 2.28.